The maximum atomic E-state index is 12.7. The summed E-state index contributed by atoms with van der Waals surface area (Å²) >= 11 is 1.39. The van der Waals surface area contributed by atoms with Gasteiger partial charge in [-0.15, -0.1) is 11.3 Å². The lowest BCUT2D eigenvalue weighted by Crippen LogP contribution is -2.28. The maximum absolute atomic E-state index is 12.7. The normalized spacial score (nSPS) is 10.5. The van der Waals surface area contributed by atoms with Gasteiger partial charge in [-0.3, -0.25) is 4.79 Å². The quantitative estimate of drug-likeness (QED) is 0.861. The van der Waals surface area contributed by atoms with Crippen LogP contribution in [0, 0.1) is 6.92 Å². The molecule has 0 unspecified atom stereocenters. The number of alkyl halides is 1. The molecule has 0 spiro atoms. The molecule has 4 nitrogen and oxygen atoms in total. The molecule has 0 fully saturated rings. The second-order valence-corrected chi connectivity index (χ2v) is 5.21. The maximum Gasteiger partial charge on any atom is 0.240 e. The van der Waals surface area contributed by atoms with Crippen LogP contribution in [0.1, 0.15) is 16.8 Å². The third-order valence-corrected chi connectivity index (χ3v) is 3.60. The van der Waals surface area contributed by atoms with Crippen molar-refractivity contribution < 1.29 is 9.18 Å². The van der Waals surface area contributed by atoms with Gasteiger partial charge in [0.05, 0.1) is 12.2 Å². The van der Waals surface area contributed by atoms with E-state index < -0.39 is 6.67 Å². The number of hydrogen-bond donors (Lipinski definition) is 2. The Hall–Kier alpha value is -1.79. The van der Waals surface area contributed by atoms with E-state index in [-0.39, 0.29) is 12.5 Å². The smallest absolute Gasteiger partial charge is 0.240 e. The summed E-state index contributed by atoms with van der Waals surface area (Å²) in [4.78, 5) is 15.8. The van der Waals surface area contributed by atoms with Gasteiger partial charge in [0.1, 0.15) is 6.67 Å². The van der Waals surface area contributed by atoms with Crippen LogP contribution in [0.15, 0.2) is 29.6 Å². The van der Waals surface area contributed by atoms with Crippen LogP contribution in [0.3, 0.4) is 0 Å². The lowest BCUT2D eigenvalue weighted by molar-refractivity contribution is -0.115. The van der Waals surface area contributed by atoms with Gasteiger partial charge in [0, 0.05) is 11.9 Å². The van der Waals surface area contributed by atoms with Gasteiger partial charge in [-0.2, -0.15) is 0 Å². The molecule has 1 amide bonds. The van der Waals surface area contributed by atoms with Crippen molar-refractivity contribution in [2.75, 3.05) is 11.9 Å². The molecule has 0 aliphatic carbocycles. The number of aryl methyl sites for hydroxylation is 1. The molecular weight excluding hydrogens is 277 g/mol. The second kappa shape index (κ2) is 7.12. The summed E-state index contributed by atoms with van der Waals surface area (Å²) in [7, 11) is 0. The van der Waals surface area contributed by atoms with Crippen LogP contribution in [-0.4, -0.2) is 17.4 Å². The molecule has 6 heteroatoms. The average molecular weight is 293 g/mol. The molecule has 2 N–H and O–H groups in total. The van der Waals surface area contributed by atoms with E-state index in [1.807, 2.05) is 24.4 Å². The number of nitrogens with one attached hydrogen (secondary N) is 2. The van der Waals surface area contributed by atoms with Crippen molar-refractivity contribution in [2.45, 2.75) is 20.1 Å². The number of benzene rings is 1. The number of thiazole rings is 1. The Kier molecular flexibility index (Phi) is 5.20. The van der Waals surface area contributed by atoms with Crippen molar-refractivity contribution in [3.8, 4) is 0 Å². The van der Waals surface area contributed by atoms with Crippen molar-refractivity contribution >= 4 is 22.4 Å². The molecule has 20 heavy (non-hydrogen) atoms. The number of halogens is 1. The highest BCUT2D eigenvalue weighted by Gasteiger charge is 2.06. The first-order valence-corrected chi connectivity index (χ1v) is 7.12. The Morgan fingerprint density at radius 2 is 2.10 bits per heavy atom. The molecule has 0 saturated carbocycles. The van der Waals surface area contributed by atoms with E-state index in [0.717, 1.165) is 11.3 Å². The molecule has 1 heterocycles. The van der Waals surface area contributed by atoms with E-state index in [1.165, 1.54) is 11.3 Å². The molecule has 0 aliphatic heterocycles. The van der Waals surface area contributed by atoms with Crippen molar-refractivity contribution in [1.82, 2.24) is 10.3 Å². The monoisotopic (exact) mass is 293 g/mol. The summed E-state index contributed by atoms with van der Waals surface area (Å²) in [6, 6.07) is 7.25. The summed E-state index contributed by atoms with van der Waals surface area (Å²) in [6.45, 7) is 2.00. The largest absolute Gasteiger partial charge is 0.304 e. The molecular formula is C14H16FN3OS. The number of amides is 1. The molecule has 0 saturated heterocycles. The highest BCUT2D eigenvalue weighted by atomic mass is 32.1. The van der Waals surface area contributed by atoms with Crippen molar-refractivity contribution in [3.63, 3.8) is 0 Å². The highest BCUT2D eigenvalue weighted by molar-refractivity contribution is 7.13. The van der Waals surface area contributed by atoms with Crippen LogP contribution < -0.4 is 10.6 Å². The number of carbonyl (C=O) groups is 1. The predicted octanol–water partition coefficient (Wildman–Crippen LogP) is 2.65. The van der Waals surface area contributed by atoms with Crippen LogP contribution in [0.4, 0.5) is 9.52 Å². The Morgan fingerprint density at radius 1 is 1.35 bits per heavy atom. The number of carbonyl (C=O) groups excluding carboxylic acids is 1. The van der Waals surface area contributed by atoms with Crippen molar-refractivity contribution in [1.29, 1.82) is 0 Å². The minimum atomic E-state index is -0.498. The molecule has 0 bridgehead atoms. The van der Waals surface area contributed by atoms with Gasteiger partial charge in [0.2, 0.25) is 5.91 Å². The van der Waals surface area contributed by atoms with E-state index in [9.17, 15) is 9.18 Å². The third kappa shape index (κ3) is 4.11. The molecule has 2 aromatic rings. The third-order valence-electron chi connectivity index (χ3n) is 2.73. The highest BCUT2D eigenvalue weighted by Crippen LogP contribution is 2.14. The SMILES string of the molecule is Cc1csc(NC(=O)CNCc2ccccc2CF)n1. The fourth-order valence-corrected chi connectivity index (χ4v) is 2.45. The first kappa shape index (κ1) is 14.6. The lowest BCUT2D eigenvalue weighted by atomic mass is 10.1. The number of hydrogen-bond acceptors (Lipinski definition) is 4. The molecule has 106 valence electrons. The van der Waals surface area contributed by atoms with Gasteiger partial charge < -0.3 is 10.6 Å². The van der Waals surface area contributed by atoms with E-state index >= 15 is 0 Å². The predicted molar refractivity (Wildman–Crippen MR) is 78.4 cm³/mol. The minimum absolute atomic E-state index is 0.155. The summed E-state index contributed by atoms with van der Waals surface area (Å²) in [5.41, 5.74) is 2.40. The summed E-state index contributed by atoms with van der Waals surface area (Å²) < 4.78 is 12.7. The Morgan fingerprint density at radius 3 is 2.75 bits per heavy atom. The van der Waals surface area contributed by atoms with Crippen LogP contribution in [0.2, 0.25) is 0 Å². The van der Waals surface area contributed by atoms with E-state index in [2.05, 4.69) is 15.6 Å². The first-order valence-electron chi connectivity index (χ1n) is 6.24. The van der Waals surface area contributed by atoms with Crippen LogP contribution in [0.5, 0.6) is 0 Å². The zero-order valence-corrected chi connectivity index (χ0v) is 12.0. The fourth-order valence-electron chi connectivity index (χ4n) is 1.75. The molecule has 0 aliphatic rings. The molecule has 0 radical (unpaired) electrons. The van der Waals surface area contributed by atoms with Gasteiger partial charge in [-0.05, 0) is 18.1 Å². The standard InChI is InChI=1S/C14H16FN3OS/c1-10-9-20-14(17-10)18-13(19)8-16-7-12-5-3-2-4-11(12)6-15/h2-5,9,16H,6-8H2,1H3,(H,17,18,19). The van der Waals surface area contributed by atoms with Crippen LogP contribution in [0.25, 0.3) is 0 Å². The van der Waals surface area contributed by atoms with Gasteiger partial charge in [-0.25, -0.2) is 9.37 Å². The van der Waals surface area contributed by atoms with Gasteiger partial charge in [-0.1, -0.05) is 24.3 Å². The Labute approximate surface area is 121 Å². The molecule has 2 rings (SSSR count). The van der Waals surface area contributed by atoms with Gasteiger partial charge in [0.25, 0.3) is 0 Å². The topological polar surface area (TPSA) is 54.0 Å². The average Bonchev–Trinajstić information content (AvgIpc) is 2.84. The summed E-state index contributed by atoms with van der Waals surface area (Å²) in [6.07, 6.45) is 0. The number of aromatic nitrogens is 1. The molecule has 1 aromatic heterocycles. The Bertz CT molecular complexity index is 585. The fraction of sp³-hybridized carbons (Fsp3) is 0.286. The summed E-state index contributed by atoms with van der Waals surface area (Å²) in [5, 5.41) is 8.18. The van der Waals surface area contributed by atoms with Crippen LogP contribution >= 0.6 is 11.3 Å². The van der Waals surface area contributed by atoms with Crippen molar-refractivity contribution in [2.24, 2.45) is 0 Å². The van der Waals surface area contributed by atoms with Crippen molar-refractivity contribution in [3.05, 3.63) is 46.5 Å². The Balaban J connectivity index is 1.79. The first-order chi connectivity index (χ1) is 9.69. The lowest BCUT2D eigenvalue weighted by Gasteiger charge is -2.08. The van der Waals surface area contributed by atoms with Crippen LogP contribution in [-0.2, 0) is 18.0 Å². The van der Waals surface area contributed by atoms with E-state index in [1.54, 1.807) is 12.1 Å². The zero-order chi connectivity index (χ0) is 14.4. The summed E-state index contributed by atoms with van der Waals surface area (Å²) in [5.74, 6) is -0.155. The molecule has 0 atom stereocenters. The van der Waals surface area contributed by atoms with Gasteiger partial charge >= 0.3 is 0 Å². The van der Waals surface area contributed by atoms with E-state index in [4.69, 9.17) is 0 Å². The second-order valence-electron chi connectivity index (χ2n) is 4.35. The number of rotatable bonds is 6. The zero-order valence-electron chi connectivity index (χ0n) is 11.1. The number of nitrogens with zero attached hydrogens (tertiary/aromatic N) is 1. The minimum Gasteiger partial charge on any atom is -0.304 e. The number of anilines is 1. The van der Waals surface area contributed by atoms with E-state index in [0.29, 0.717) is 17.2 Å². The molecule has 1 aromatic carbocycles. The van der Waals surface area contributed by atoms with Gasteiger partial charge in [0.15, 0.2) is 5.13 Å².